The van der Waals surface area contributed by atoms with Gasteiger partial charge in [0.15, 0.2) is 5.75 Å². The summed E-state index contributed by atoms with van der Waals surface area (Å²) in [4.78, 5) is 10.8. The fourth-order valence-corrected chi connectivity index (χ4v) is 2.39. The van der Waals surface area contributed by atoms with E-state index in [0.29, 0.717) is 11.4 Å². The molecule has 1 unspecified atom stereocenters. The van der Waals surface area contributed by atoms with Crippen LogP contribution in [0.15, 0.2) is 24.4 Å². The normalized spacial score (nSPS) is 16.2. The molecule has 1 aromatic carbocycles. The molecule has 0 aliphatic carbocycles. The van der Waals surface area contributed by atoms with Crippen LogP contribution in [0.5, 0.6) is 5.75 Å². The molecular weight excluding hydrogens is 246 g/mol. The Balaban J connectivity index is 2.21. The number of carbonyl (C=O) groups is 1. The number of benzene rings is 1. The molecule has 1 aromatic heterocycles. The van der Waals surface area contributed by atoms with Crippen LogP contribution in [-0.2, 0) is 7.05 Å². The molecule has 0 spiro atoms. The number of aryl methyl sites for hydroxylation is 1. The molecule has 0 bridgehead atoms. The van der Waals surface area contributed by atoms with Gasteiger partial charge in [-0.1, -0.05) is 6.07 Å². The Bertz CT molecular complexity index is 663. The minimum atomic E-state index is -1.11. The summed E-state index contributed by atoms with van der Waals surface area (Å²) >= 11 is 0. The van der Waals surface area contributed by atoms with Crippen LogP contribution in [0.2, 0.25) is 0 Å². The van der Waals surface area contributed by atoms with Gasteiger partial charge in [0.05, 0.1) is 17.6 Å². The quantitative estimate of drug-likeness (QED) is 0.825. The maximum absolute atomic E-state index is 10.8. The van der Waals surface area contributed by atoms with Crippen LogP contribution in [0.25, 0.3) is 11.3 Å². The molecule has 1 aliphatic heterocycles. The first-order valence-electron chi connectivity index (χ1n) is 5.90. The monoisotopic (exact) mass is 259 g/mol. The standard InChI is InChI=1S/C13H13N3O3/c1-7-9-6-14-16(2)11(9)8-4-3-5-10(12(8)19-7)15-13(17)18/h3-7,15H,1-2H3,(H,17,18). The number of hydrogen-bond donors (Lipinski definition) is 2. The molecule has 2 heterocycles. The van der Waals surface area contributed by atoms with Crippen LogP contribution < -0.4 is 10.1 Å². The molecule has 0 saturated carbocycles. The fraction of sp³-hybridized carbons (Fsp3) is 0.231. The van der Waals surface area contributed by atoms with E-state index in [1.54, 1.807) is 23.0 Å². The summed E-state index contributed by atoms with van der Waals surface area (Å²) in [5.41, 5.74) is 3.26. The van der Waals surface area contributed by atoms with Crippen molar-refractivity contribution >= 4 is 11.8 Å². The Morgan fingerprint density at radius 3 is 3.05 bits per heavy atom. The second kappa shape index (κ2) is 4.01. The third-order valence-electron chi connectivity index (χ3n) is 3.21. The van der Waals surface area contributed by atoms with Crippen molar-refractivity contribution in [2.75, 3.05) is 5.32 Å². The lowest BCUT2D eigenvalue weighted by Crippen LogP contribution is -2.15. The largest absolute Gasteiger partial charge is 0.483 e. The highest BCUT2D eigenvalue weighted by molar-refractivity contribution is 5.89. The number of carboxylic acid groups (broad SMARTS) is 1. The van der Waals surface area contributed by atoms with E-state index >= 15 is 0 Å². The third kappa shape index (κ3) is 1.72. The SMILES string of the molecule is CC1Oc2c(NC(=O)O)cccc2-c2c1cnn2C. The smallest absolute Gasteiger partial charge is 0.409 e. The minimum Gasteiger partial charge on any atom is -0.483 e. The number of hydrogen-bond acceptors (Lipinski definition) is 3. The third-order valence-corrected chi connectivity index (χ3v) is 3.21. The fourth-order valence-electron chi connectivity index (χ4n) is 2.39. The van der Waals surface area contributed by atoms with E-state index in [-0.39, 0.29) is 6.10 Å². The molecule has 3 rings (SSSR count). The zero-order valence-corrected chi connectivity index (χ0v) is 10.5. The first kappa shape index (κ1) is 11.6. The van der Waals surface area contributed by atoms with E-state index in [2.05, 4.69) is 10.4 Å². The van der Waals surface area contributed by atoms with Crippen molar-refractivity contribution in [1.29, 1.82) is 0 Å². The molecule has 2 N–H and O–H groups in total. The van der Waals surface area contributed by atoms with Crippen LogP contribution >= 0.6 is 0 Å². The first-order valence-corrected chi connectivity index (χ1v) is 5.90. The Hall–Kier alpha value is -2.50. The summed E-state index contributed by atoms with van der Waals surface area (Å²) in [6.45, 7) is 1.92. The maximum atomic E-state index is 10.8. The van der Waals surface area contributed by atoms with E-state index in [4.69, 9.17) is 9.84 Å². The van der Waals surface area contributed by atoms with Gasteiger partial charge in [-0.3, -0.25) is 10.00 Å². The molecule has 98 valence electrons. The van der Waals surface area contributed by atoms with Gasteiger partial charge >= 0.3 is 6.09 Å². The molecule has 1 atom stereocenters. The molecular formula is C13H13N3O3. The van der Waals surface area contributed by atoms with Gasteiger partial charge in [0.2, 0.25) is 0 Å². The van der Waals surface area contributed by atoms with Crippen molar-refractivity contribution in [3.05, 3.63) is 30.0 Å². The Kier molecular flexibility index (Phi) is 2.45. The second-order valence-corrected chi connectivity index (χ2v) is 4.44. The first-order chi connectivity index (χ1) is 9.08. The Morgan fingerprint density at radius 2 is 2.32 bits per heavy atom. The Morgan fingerprint density at radius 1 is 1.53 bits per heavy atom. The van der Waals surface area contributed by atoms with E-state index in [1.165, 1.54) is 0 Å². The number of aromatic nitrogens is 2. The van der Waals surface area contributed by atoms with Gasteiger partial charge < -0.3 is 9.84 Å². The molecule has 1 amide bonds. The predicted octanol–water partition coefficient (Wildman–Crippen LogP) is 2.63. The molecule has 0 radical (unpaired) electrons. The summed E-state index contributed by atoms with van der Waals surface area (Å²) < 4.78 is 7.60. The number of nitrogens with zero attached hydrogens (tertiary/aromatic N) is 2. The highest BCUT2D eigenvalue weighted by Crippen LogP contribution is 2.45. The van der Waals surface area contributed by atoms with E-state index in [0.717, 1.165) is 16.8 Å². The highest BCUT2D eigenvalue weighted by Gasteiger charge is 2.28. The predicted molar refractivity (Wildman–Crippen MR) is 69.3 cm³/mol. The number of anilines is 1. The molecule has 0 fully saturated rings. The zero-order chi connectivity index (χ0) is 13.6. The topological polar surface area (TPSA) is 76.4 Å². The number of amides is 1. The van der Waals surface area contributed by atoms with Crippen molar-refractivity contribution in [2.45, 2.75) is 13.0 Å². The highest BCUT2D eigenvalue weighted by atomic mass is 16.5. The van der Waals surface area contributed by atoms with Gasteiger partial charge in [-0.05, 0) is 19.1 Å². The number of fused-ring (bicyclic) bond motifs is 3. The summed E-state index contributed by atoms with van der Waals surface area (Å²) in [6.07, 6.45) is 0.508. The number of ether oxygens (including phenoxy) is 1. The number of para-hydroxylation sites is 1. The molecule has 6 nitrogen and oxygen atoms in total. The lowest BCUT2D eigenvalue weighted by atomic mass is 9.99. The zero-order valence-electron chi connectivity index (χ0n) is 10.5. The lowest BCUT2D eigenvalue weighted by Gasteiger charge is -2.25. The average molecular weight is 259 g/mol. The Labute approximate surface area is 109 Å². The average Bonchev–Trinajstić information content (AvgIpc) is 2.73. The van der Waals surface area contributed by atoms with E-state index in [9.17, 15) is 4.79 Å². The van der Waals surface area contributed by atoms with Crippen LogP contribution in [0.3, 0.4) is 0 Å². The van der Waals surface area contributed by atoms with Gasteiger partial charge in [-0.2, -0.15) is 5.10 Å². The summed E-state index contributed by atoms with van der Waals surface area (Å²) in [5, 5.41) is 15.5. The maximum Gasteiger partial charge on any atom is 0.409 e. The molecule has 6 heteroatoms. The van der Waals surface area contributed by atoms with Gasteiger partial charge in [0, 0.05) is 18.2 Å². The van der Waals surface area contributed by atoms with Gasteiger partial charge in [-0.25, -0.2) is 4.79 Å². The summed E-state index contributed by atoms with van der Waals surface area (Å²) in [5.74, 6) is 0.550. The van der Waals surface area contributed by atoms with Crippen LogP contribution in [0, 0.1) is 0 Å². The van der Waals surface area contributed by atoms with Gasteiger partial charge in [0.1, 0.15) is 6.10 Å². The van der Waals surface area contributed by atoms with E-state index in [1.807, 2.05) is 20.0 Å². The summed E-state index contributed by atoms with van der Waals surface area (Å²) in [6, 6.07) is 5.37. The van der Waals surface area contributed by atoms with Crippen LogP contribution in [-0.4, -0.2) is 21.0 Å². The van der Waals surface area contributed by atoms with Crippen LogP contribution in [0.4, 0.5) is 10.5 Å². The molecule has 19 heavy (non-hydrogen) atoms. The molecule has 2 aromatic rings. The summed E-state index contributed by atoms with van der Waals surface area (Å²) in [7, 11) is 1.86. The lowest BCUT2D eigenvalue weighted by molar-refractivity contribution is 0.208. The van der Waals surface area contributed by atoms with Crippen molar-refractivity contribution in [3.63, 3.8) is 0 Å². The van der Waals surface area contributed by atoms with E-state index < -0.39 is 6.09 Å². The second-order valence-electron chi connectivity index (χ2n) is 4.44. The van der Waals surface area contributed by atoms with Crippen molar-refractivity contribution in [2.24, 2.45) is 7.05 Å². The molecule has 1 aliphatic rings. The minimum absolute atomic E-state index is 0.159. The van der Waals surface area contributed by atoms with Crippen LogP contribution in [0.1, 0.15) is 18.6 Å². The van der Waals surface area contributed by atoms with Crippen molar-refractivity contribution < 1.29 is 14.6 Å². The number of rotatable bonds is 1. The van der Waals surface area contributed by atoms with Gasteiger partial charge in [0.25, 0.3) is 0 Å². The number of nitrogens with one attached hydrogen (secondary N) is 1. The van der Waals surface area contributed by atoms with Gasteiger partial charge in [-0.15, -0.1) is 0 Å². The molecule has 0 saturated heterocycles. The van der Waals surface area contributed by atoms with Crippen molar-refractivity contribution in [3.8, 4) is 17.0 Å². The van der Waals surface area contributed by atoms with Crippen molar-refractivity contribution in [1.82, 2.24) is 9.78 Å².